The first-order valence-electron chi connectivity index (χ1n) is 5.21. The van der Waals surface area contributed by atoms with E-state index >= 15 is 0 Å². The number of aryl methyl sites for hydroxylation is 1. The molecular formula is C11H9FN4S2. The molecule has 0 atom stereocenters. The van der Waals surface area contributed by atoms with Crippen molar-refractivity contribution in [3.63, 3.8) is 0 Å². The maximum absolute atomic E-state index is 13.8. The molecule has 3 heterocycles. The van der Waals surface area contributed by atoms with Gasteiger partial charge in [0.25, 0.3) is 0 Å². The highest BCUT2D eigenvalue weighted by atomic mass is 32.2. The lowest BCUT2D eigenvalue weighted by atomic mass is 10.2. The van der Waals surface area contributed by atoms with Gasteiger partial charge in [0.05, 0.1) is 22.5 Å². The molecule has 3 rings (SSSR count). The lowest BCUT2D eigenvalue weighted by Gasteiger charge is -2.00. The van der Waals surface area contributed by atoms with Crippen LogP contribution in [0.1, 0.15) is 5.01 Å². The van der Waals surface area contributed by atoms with E-state index in [-0.39, 0.29) is 0 Å². The van der Waals surface area contributed by atoms with Crippen LogP contribution in [0.5, 0.6) is 0 Å². The van der Waals surface area contributed by atoms with Crippen LogP contribution in [0.2, 0.25) is 0 Å². The molecule has 0 aromatic carbocycles. The minimum Gasteiger partial charge on any atom is -0.217 e. The Morgan fingerprint density at radius 3 is 2.83 bits per heavy atom. The molecule has 92 valence electrons. The zero-order valence-electron chi connectivity index (χ0n) is 9.72. The Hall–Kier alpha value is -1.47. The summed E-state index contributed by atoms with van der Waals surface area (Å²) in [6.45, 7) is 1.91. The van der Waals surface area contributed by atoms with Crippen molar-refractivity contribution < 1.29 is 4.39 Å². The van der Waals surface area contributed by atoms with Gasteiger partial charge >= 0.3 is 0 Å². The van der Waals surface area contributed by atoms with E-state index in [0.717, 1.165) is 9.97 Å². The number of fused-ring (bicyclic) bond motifs is 1. The van der Waals surface area contributed by atoms with Gasteiger partial charge in [0.1, 0.15) is 5.01 Å². The first kappa shape index (κ1) is 11.6. The quantitative estimate of drug-likeness (QED) is 0.534. The molecule has 0 aliphatic rings. The molecule has 7 heteroatoms. The standard InChI is InChI=1S/C11H9FN4S2/c1-6-15-16-5-8(13-11(16)18-6)7-3-4-9(17-2)14-10(7)12/h3-5H,1-2H3. The number of rotatable bonds is 2. The Labute approximate surface area is 111 Å². The maximum atomic E-state index is 13.8. The summed E-state index contributed by atoms with van der Waals surface area (Å²) in [4.78, 5) is 8.98. The second-order valence-electron chi connectivity index (χ2n) is 3.67. The van der Waals surface area contributed by atoms with Gasteiger partial charge in [0, 0.05) is 0 Å². The Kier molecular flexibility index (Phi) is 2.79. The van der Waals surface area contributed by atoms with Crippen molar-refractivity contribution >= 4 is 28.1 Å². The van der Waals surface area contributed by atoms with E-state index < -0.39 is 5.95 Å². The normalized spacial score (nSPS) is 11.3. The van der Waals surface area contributed by atoms with Crippen molar-refractivity contribution in [2.45, 2.75) is 11.9 Å². The van der Waals surface area contributed by atoms with Crippen LogP contribution in [0.15, 0.2) is 23.4 Å². The fraction of sp³-hybridized carbons (Fsp3) is 0.182. The summed E-state index contributed by atoms with van der Waals surface area (Å²) in [5.41, 5.74) is 0.967. The smallest absolute Gasteiger partial charge is 0.217 e. The van der Waals surface area contributed by atoms with E-state index in [2.05, 4.69) is 15.1 Å². The Bertz CT molecular complexity index is 687. The molecule has 0 aliphatic heterocycles. The van der Waals surface area contributed by atoms with Crippen LogP contribution < -0.4 is 0 Å². The second-order valence-corrected chi connectivity index (χ2v) is 5.65. The number of thioether (sulfide) groups is 1. The van der Waals surface area contributed by atoms with Crippen molar-refractivity contribution in [2.75, 3.05) is 6.26 Å². The molecular weight excluding hydrogens is 271 g/mol. The molecule has 0 N–H and O–H groups in total. The monoisotopic (exact) mass is 280 g/mol. The fourth-order valence-electron chi connectivity index (χ4n) is 1.65. The number of hydrogen-bond acceptors (Lipinski definition) is 5. The van der Waals surface area contributed by atoms with Crippen LogP contribution in [0.25, 0.3) is 16.2 Å². The van der Waals surface area contributed by atoms with Crippen LogP contribution >= 0.6 is 23.1 Å². The molecule has 0 saturated carbocycles. The van der Waals surface area contributed by atoms with Gasteiger partial charge in [0.2, 0.25) is 10.9 Å². The summed E-state index contributed by atoms with van der Waals surface area (Å²) in [6.07, 6.45) is 3.58. The van der Waals surface area contributed by atoms with Gasteiger partial charge in [-0.05, 0) is 25.3 Å². The number of aromatic nitrogens is 4. The van der Waals surface area contributed by atoms with Crippen molar-refractivity contribution in [2.24, 2.45) is 0 Å². The van der Waals surface area contributed by atoms with Crippen LogP contribution in [0.4, 0.5) is 4.39 Å². The molecule has 4 nitrogen and oxygen atoms in total. The van der Waals surface area contributed by atoms with Crippen molar-refractivity contribution in [3.05, 3.63) is 29.3 Å². The molecule has 0 fully saturated rings. The van der Waals surface area contributed by atoms with Crippen LogP contribution in [-0.2, 0) is 0 Å². The summed E-state index contributed by atoms with van der Waals surface area (Å²) in [5.74, 6) is -0.496. The Morgan fingerprint density at radius 2 is 2.17 bits per heavy atom. The Balaban J connectivity index is 2.10. The van der Waals surface area contributed by atoms with Gasteiger partial charge < -0.3 is 0 Å². The van der Waals surface area contributed by atoms with Gasteiger partial charge in [0.15, 0.2) is 0 Å². The summed E-state index contributed by atoms with van der Waals surface area (Å²) in [6, 6.07) is 3.49. The molecule has 0 radical (unpaired) electrons. The van der Waals surface area contributed by atoms with Gasteiger partial charge in [-0.25, -0.2) is 14.5 Å². The van der Waals surface area contributed by atoms with Gasteiger partial charge in [-0.2, -0.15) is 9.49 Å². The predicted octanol–water partition coefficient (Wildman–Crippen LogP) is 3.02. The van der Waals surface area contributed by atoms with E-state index in [0.29, 0.717) is 16.3 Å². The molecule has 3 aromatic rings. The number of imidazole rings is 1. The fourth-order valence-corrected chi connectivity index (χ4v) is 2.75. The van der Waals surface area contributed by atoms with Crippen molar-refractivity contribution in [3.8, 4) is 11.3 Å². The summed E-state index contributed by atoms with van der Waals surface area (Å²) >= 11 is 2.88. The minimum atomic E-state index is -0.496. The third-order valence-corrected chi connectivity index (χ3v) is 3.94. The zero-order valence-corrected chi connectivity index (χ0v) is 11.3. The molecule has 0 aliphatic carbocycles. The van der Waals surface area contributed by atoms with Crippen LogP contribution in [0, 0.1) is 12.9 Å². The number of nitrogens with zero attached hydrogens (tertiary/aromatic N) is 4. The number of hydrogen-bond donors (Lipinski definition) is 0. The lowest BCUT2D eigenvalue weighted by molar-refractivity contribution is 0.576. The largest absolute Gasteiger partial charge is 0.223 e. The topological polar surface area (TPSA) is 43.1 Å². The van der Waals surface area contributed by atoms with Crippen LogP contribution in [0.3, 0.4) is 0 Å². The molecule has 0 unspecified atom stereocenters. The third-order valence-electron chi connectivity index (χ3n) is 2.45. The average molecular weight is 280 g/mol. The van der Waals surface area contributed by atoms with E-state index in [1.54, 1.807) is 22.8 Å². The molecule has 0 spiro atoms. The first-order valence-corrected chi connectivity index (χ1v) is 7.25. The highest BCUT2D eigenvalue weighted by molar-refractivity contribution is 7.98. The van der Waals surface area contributed by atoms with E-state index in [1.807, 2.05) is 13.2 Å². The zero-order chi connectivity index (χ0) is 12.7. The van der Waals surface area contributed by atoms with Crippen LogP contribution in [-0.4, -0.2) is 25.8 Å². The highest BCUT2D eigenvalue weighted by Gasteiger charge is 2.13. The number of halogens is 1. The molecule has 18 heavy (non-hydrogen) atoms. The third kappa shape index (κ3) is 1.89. The highest BCUT2D eigenvalue weighted by Crippen LogP contribution is 2.25. The van der Waals surface area contributed by atoms with Gasteiger partial charge in [-0.1, -0.05) is 11.3 Å². The summed E-state index contributed by atoms with van der Waals surface area (Å²) in [5, 5.41) is 5.84. The molecule has 3 aromatic heterocycles. The van der Waals surface area contributed by atoms with Gasteiger partial charge in [-0.3, -0.25) is 0 Å². The number of pyridine rings is 1. The maximum Gasteiger partial charge on any atom is 0.223 e. The minimum absolute atomic E-state index is 0.406. The van der Waals surface area contributed by atoms with Crippen molar-refractivity contribution in [1.82, 2.24) is 19.6 Å². The van der Waals surface area contributed by atoms with E-state index in [1.165, 1.54) is 23.1 Å². The second kappa shape index (κ2) is 4.33. The summed E-state index contributed by atoms with van der Waals surface area (Å²) in [7, 11) is 0. The first-order chi connectivity index (χ1) is 8.67. The van der Waals surface area contributed by atoms with E-state index in [9.17, 15) is 4.39 Å². The average Bonchev–Trinajstić information content (AvgIpc) is 2.85. The SMILES string of the molecule is CSc1ccc(-c2cn3nc(C)sc3n2)c(F)n1. The van der Waals surface area contributed by atoms with Gasteiger partial charge in [-0.15, -0.1) is 11.8 Å². The lowest BCUT2D eigenvalue weighted by Crippen LogP contribution is -1.91. The summed E-state index contributed by atoms with van der Waals surface area (Å²) < 4.78 is 15.5. The van der Waals surface area contributed by atoms with E-state index in [4.69, 9.17) is 0 Å². The molecule has 0 amide bonds. The molecule has 0 bridgehead atoms. The predicted molar refractivity (Wildman–Crippen MR) is 70.6 cm³/mol. The molecule has 0 saturated heterocycles. The van der Waals surface area contributed by atoms with Crippen molar-refractivity contribution in [1.29, 1.82) is 0 Å². The Morgan fingerprint density at radius 1 is 1.33 bits per heavy atom.